The molecule has 0 aromatic heterocycles. The molecule has 0 saturated heterocycles. The fourth-order valence-electron chi connectivity index (χ4n) is 3.86. The molecule has 2 saturated carbocycles. The van der Waals surface area contributed by atoms with Crippen LogP contribution in [0.1, 0.15) is 86.0 Å². The molecule has 2 nitrogen and oxygen atoms in total. The summed E-state index contributed by atoms with van der Waals surface area (Å²) in [6.45, 7) is 0. The van der Waals surface area contributed by atoms with Crippen LogP contribution < -0.4 is 5.32 Å². The van der Waals surface area contributed by atoms with Gasteiger partial charge in [-0.2, -0.15) is 0 Å². The number of carbonyl (C=O) groups is 1. The Bertz CT molecular complexity index is 453. The average molecular weight is 285 g/mol. The van der Waals surface area contributed by atoms with E-state index >= 15 is 0 Å². The molecular weight excluding hydrogens is 258 g/mol. The van der Waals surface area contributed by atoms with E-state index in [0.29, 0.717) is 12.0 Å². The lowest BCUT2D eigenvalue weighted by atomic mass is 9.84. The summed E-state index contributed by atoms with van der Waals surface area (Å²) in [5.74, 6) is 0.825. The van der Waals surface area contributed by atoms with Crippen molar-refractivity contribution < 1.29 is 4.79 Å². The monoisotopic (exact) mass is 285 g/mol. The molecule has 2 fully saturated rings. The molecule has 3 rings (SSSR count). The third-order valence-electron chi connectivity index (χ3n) is 5.19. The molecule has 0 radical (unpaired) electrons. The molecule has 2 aliphatic rings. The minimum atomic E-state index is 0.108. The van der Waals surface area contributed by atoms with E-state index in [0.717, 1.165) is 18.4 Å². The summed E-state index contributed by atoms with van der Waals surface area (Å²) < 4.78 is 0. The van der Waals surface area contributed by atoms with Crippen molar-refractivity contribution in [3.05, 3.63) is 35.4 Å². The highest BCUT2D eigenvalue weighted by Crippen LogP contribution is 2.32. The Morgan fingerprint density at radius 3 is 2.00 bits per heavy atom. The van der Waals surface area contributed by atoms with E-state index in [1.54, 1.807) is 0 Å². The third-order valence-corrected chi connectivity index (χ3v) is 5.19. The van der Waals surface area contributed by atoms with Crippen LogP contribution in [0.15, 0.2) is 24.3 Å². The molecule has 1 aromatic rings. The summed E-state index contributed by atoms with van der Waals surface area (Å²) in [6.07, 6.45) is 12.8. The first kappa shape index (κ1) is 14.6. The molecule has 0 spiro atoms. The van der Waals surface area contributed by atoms with Crippen LogP contribution in [-0.4, -0.2) is 11.9 Å². The molecule has 2 aliphatic carbocycles. The molecule has 0 unspecified atom stereocenters. The van der Waals surface area contributed by atoms with E-state index in [-0.39, 0.29) is 5.91 Å². The maximum atomic E-state index is 12.3. The van der Waals surface area contributed by atoms with Crippen molar-refractivity contribution in [3.8, 4) is 0 Å². The van der Waals surface area contributed by atoms with Crippen LogP contribution in [0.2, 0.25) is 0 Å². The minimum Gasteiger partial charge on any atom is -0.349 e. The predicted molar refractivity (Wildman–Crippen MR) is 86.6 cm³/mol. The van der Waals surface area contributed by atoms with Gasteiger partial charge in [0.25, 0.3) is 5.91 Å². The predicted octanol–water partition coefficient (Wildman–Crippen LogP) is 4.80. The molecule has 0 atom stereocenters. The first-order chi connectivity index (χ1) is 10.3. The van der Waals surface area contributed by atoms with Gasteiger partial charge in [-0.3, -0.25) is 4.79 Å². The zero-order valence-corrected chi connectivity index (χ0v) is 12.9. The smallest absolute Gasteiger partial charge is 0.251 e. The van der Waals surface area contributed by atoms with Gasteiger partial charge in [0, 0.05) is 11.6 Å². The SMILES string of the molecule is O=C(NC1CCCCC1)c1ccc(C2CCCCC2)cc1. The van der Waals surface area contributed by atoms with Gasteiger partial charge in [-0.1, -0.05) is 50.7 Å². The highest BCUT2D eigenvalue weighted by molar-refractivity contribution is 5.94. The van der Waals surface area contributed by atoms with Gasteiger partial charge in [-0.05, 0) is 49.3 Å². The van der Waals surface area contributed by atoms with Gasteiger partial charge >= 0.3 is 0 Å². The summed E-state index contributed by atoms with van der Waals surface area (Å²) in [5.41, 5.74) is 2.24. The summed E-state index contributed by atoms with van der Waals surface area (Å²) in [7, 11) is 0. The van der Waals surface area contributed by atoms with Gasteiger partial charge in [-0.25, -0.2) is 0 Å². The second kappa shape index (κ2) is 7.11. The van der Waals surface area contributed by atoms with Crippen LogP contribution in [0.5, 0.6) is 0 Å². The highest BCUT2D eigenvalue weighted by Gasteiger charge is 2.18. The fourth-order valence-corrected chi connectivity index (χ4v) is 3.86. The van der Waals surface area contributed by atoms with Crippen LogP contribution in [0.3, 0.4) is 0 Å². The summed E-state index contributed by atoms with van der Waals surface area (Å²) in [5, 5.41) is 3.20. The van der Waals surface area contributed by atoms with Crippen molar-refractivity contribution in [2.24, 2.45) is 0 Å². The first-order valence-electron chi connectivity index (χ1n) is 8.74. The van der Waals surface area contributed by atoms with Gasteiger partial charge in [-0.15, -0.1) is 0 Å². The molecule has 1 N–H and O–H groups in total. The van der Waals surface area contributed by atoms with Gasteiger partial charge in [0.15, 0.2) is 0 Å². The number of hydrogen-bond donors (Lipinski definition) is 1. The van der Waals surface area contributed by atoms with E-state index in [1.165, 1.54) is 56.9 Å². The second-order valence-corrected chi connectivity index (χ2v) is 6.77. The Morgan fingerprint density at radius 1 is 0.810 bits per heavy atom. The zero-order chi connectivity index (χ0) is 14.5. The van der Waals surface area contributed by atoms with E-state index in [4.69, 9.17) is 0 Å². The molecule has 0 bridgehead atoms. The Hall–Kier alpha value is -1.31. The summed E-state index contributed by atoms with van der Waals surface area (Å²) >= 11 is 0. The van der Waals surface area contributed by atoms with Crippen molar-refractivity contribution in [1.82, 2.24) is 5.32 Å². The number of benzene rings is 1. The van der Waals surface area contributed by atoms with Crippen molar-refractivity contribution in [2.75, 3.05) is 0 Å². The summed E-state index contributed by atoms with van der Waals surface area (Å²) in [6, 6.07) is 8.77. The average Bonchev–Trinajstić information content (AvgIpc) is 2.57. The van der Waals surface area contributed by atoms with Gasteiger partial charge < -0.3 is 5.32 Å². The molecule has 2 heteroatoms. The normalized spacial score (nSPS) is 21.1. The number of carbonyl (C=O) groups excluding carboxylic acids is 1. The Morgan fingerprint density at radius 2 is 1.38 bits per heavy atom. The first-order valence-corrected chi connectivity index (χ1v) is 8.74. The van der Waals surface area contributed by atoms with E-state index in [1.807, 2.05) is 12.1 Å². The zero-order valence-electron chi connectivity index (χ0n) is 12.9. The molecule has 0 aliphatic heterocycles. The molecule has 114 valence electrons. The second-order valence-electron chi connectivity index (χ2n) is 6.77. The lowest BCUT2D eigenvalue weighted by Crippen LogP contribution is -2.36. The van der Waals surface area contributed by atoms with Gasteiger partial charge in [0.05, 0.1) is 0 Å². The van der Waals surface area contributed by atoms with Crippen LogP contribution in [-0.2, 0) is 0 Å². The summed E-state index contributed by atoms with van der Waals surface area (Å²) in [4.78, 5) is 12.3. The van der Waals surface area contributed by atoms with Crippen molar-refractivity contribution >= 4 is 5.91 Å². The maximum absolute atomic E-state index is 12.3. The molecule has 1 aromatic carbocycles. The maximum Gasteiger partial charge on any atom is 0.251 e. The van der Waals surface area contributed by atoms with E-state index in [9.17, 15) is 4.79 Å². The fraction of sp³-hybridized carbons (Fsp3) is 0.632. The van der Waals surface area contributed by atoms with Crippen molar-refractivity contribution in [2.45, 2.75) is 76.2 Å². The van der Waals surface area contributed by atoms with Gasteiger partial charge in [0.1, 0.15) is 0 Å². The van der Waals surface area contributed by atoms with Crippen molar-refractivity contribution in [3.63, 3.8) is 0 Å². The Kier molecular flexibility index (Phi) is 4.95. The number of amides is 1. The molecule has 1 amide bonds. The molecular formula is C19H27NO. The number of rotatable bonds is 3. The highest BCUT2D eigenvalue weighted by atomic mass is 16.1. The molecule has 21 heavy (non-hydrogen) atoms. The van der Waals surface area contributed by atoms with Crippen LogP contribution in [0.25, 0.3) is 0 Å². The van der Waals surface area contributed by atoms with Crippen LogP contribution in [0, 0.1) is 0 Å². The lowest BCUT2D eigenvalue weighted by molar-refractivity contribution is 0.0927. The Labute approximate surface area is 128 Å². The van der Waals surface area contributed by atoms with Crippen molar-refractivity contribution in [1.29, 1.82) is 0 Å². The third kappa shape index (κ3) is 3.87. The topological polar surface area (TPSA) is 29.1 Å². The largest absolute Gasteiger partial charge is 0.349 e. The van der Waals surface area contributed by atoms with Gasteiger partial charge in [0.2, 0.25) is 0 Å². The van der Waals surface area contributed by atoms with Crippen LogP contribution >= 0.6 is 0 Å². The number of nitrogens with one attached hydrogen (secondary N) is 1. The van der Waals surface area contributed by atoms with Crippen LogP contribution in [0.4, 0.5) is 0 Å². The van der Waals surface area contributed by atoms with E-state index in [2.05, 4.69) is 17.4 Å². The standard InChI is InChI=1S/C19H27NO/c21-19(20-18-9-5-2-6-10-18)17-13-11-16(12-14-17)15-7-3-1-4-8-15/h11-15,18H,1-10H2,(H,20,21). The van der Waals surface area contributed by atoms with E-state index < -0.39 is 0 Å². The quantitative estimate of drug-likeness (QED) is 0.849. The number of hydrogen-bond acceptors (Lipinski definition) is 1. The Balaban J connectivity index is 1.58. The minimum absolute atomic E-state index is 0.108. The molecule has 0 heterocycles. The lowest BCUT2D eigenvalue weighted by Gasteiger charge is -2.23.